The third-order valence-corrected chi connectivity index (χ3v) is 9.49. The van der Waals surface area contributed by atoms with Crippen molar-refractivity contribution >= 4 is 52.2 Å². The van der Waals surface area contributed by atoms with Crippen molar-refractivity contribution in [1.29, 1.82) is 0 Å². The highest BCUT2D eigenvalue weighted by Crippen LogP contribution is 2.53. The maximum absolute atomic E-state index is 13.8. The minimum Gasteiger partial charge on any atom is -0.325 e. The lowest BCUT2D eigenvalue weighted by molar-refractivity contribution is -0.137. The molecule has 0 radical (unpaired) electrons. The van der Waals surface area contributed by atoms with Gasteiger partial charge >= 0.3 is 11.0 Å². The molecule has 2 aliphatic heterocycles. The molecule has 6 rings (SSSR count). The minimum absolute atomic E-state index is 0.183. The van der Waals surface area contributed by atoms with Gasteiger partial charge in [0, 0.05) is 28.9 Å². The first kappa shape index (κ1) is 27.0. The predicted molar refractivity (Wildman–Crippen MR) is 147 cm³/mol. The molecule has 2 aliphatic rings. The van der Waals surface area contributed by atoms with Crippen LogP contribution in [0.3, 0.4) is 0 Å². The number of imide groups is 1. The molecule has 208 valence electrons. The van der Waals surface area contributed by atoms with Crippen molar-refractivity contribution in [3.8, 4) is 0 Å². The molecule has 3 atom stereocenters. The number of pyridine rings is 1. The second-order valence-corrected chi connectivity index (χ2v) is 11.5. The first-order chi connectivity index (χ1) is 19.6. The summed E-state index contributed by atoms with van der Waals surface area (Å²) in [5, 5.41) is 2.06. The topological polar surface area (TPSA) is 101 Å². The largest absolute Gasteiger partial charge is 0.416 e. The smallest absolute Gasteiger partial charge is 0.325 e. The zero-order valence-corrected chi connectivity index (χ0v) is 22.5. The summed E-state index contributed by atoms with van der Waals surface area (Å²) in [4.78, 5) is 58.5. The van der Waals surface area contributed by atoms with Crippen molar-refractivity contribution < 1.29 is 27.6 Å². The number of fused-ring (bicyclic) bond motifs is 2. The van der Waals surface area contributed by atoms with Crippen LogP contribution in [0.25, 0.3) is 0 Å². The molecule has 2 aromatic heterocycles. The van der Waals surface area contributed by atoms with Crippen LogP contribution in [0.5, 0.6) is 0 Å². The van der Waals surface area contributed by atoms with E-state index in [-0.39, 0.29) is 12.2 Å². The molecular formula is C28H19F3N4O4S2. The fourth-order valence-electron chi connectivity index (χ4n) is 5.12. The summed E-state index contributed by atoms with van der Waals surface area (Å²) in [6.45, 7) is -0.330. The van der Waals surface area contributed by atoms with Crippen LogP contribution in [0.4, 0.5) is 24.5 Å². The summed E-state index contributed by atoms with van der Waals surface area (Å²) >= 11 is 1.85. The van der Waals surface area contributed by atoms with Gasteiger partial charge in [0.2, 0.25) is 17.7 Å². The molecule has 2 aromatic carbocycles. The second kappa shape index (κ2) is 10.3. The fourth-order valence-corrected chi connectivity index (χ4v) is 7.89. The van der Waals surface area contributed by atoms with Gasteiger partial charge in [0.05, 0.1) is 22.2 Å². The van der Waals surface area contributed by atoms with E-state index in [0.29, 0.717) is 21.2 Å². The Bertz CT molecular complexity index is 1720. The lowest BCUT2D eigenvalue weighted by Gasteiger charge is -2.30. The summed E-state index contributed by atoms with van der Waals surface area (Å²) in [5.74, 6) is -3.58. The van der Waals surface area contributed by atoms with Gasteiger partial charge in [-0.15, -0.1) is 0 Å². The number of carbonyl (C=O) groups is 3. The summed E-state index contributed by atoms with van der Waals surface area (Å²) < 4.78 is 41.6. The van der Waals surface area contributed by atoms with Gasteiger partial charge in [0.1, 0.15) is 11.8 Å². The van der Waals surface area contributed by atoms with E-state index in [1.807, 2.05) is 0 Å². The zero-order chi connectivity index (χ0) is 28.9. The number of aromatic nitrogens is 2. The Balaban J connectivity index is 1.41. The van der Waals surface area contributed by atoms with Crippen molar-refractivity contribution in [2.75, 3.05) is 10.2 Å². The zero-order valence-electron chi connectivity index (χ0n) is 20.9. The molecule has 0 saturated carbocycles. The predicted octanol–water partition coefficient (Wildman–Crippen LogP) is 4.76. The maximum atomic E-state index is 13.8. The Kier molecular flexibility index (Phi) is 6.78. The number of thioether (sulfide) groups is 1. The van der Waals surface area contributed by atoms with E-state index in [1.165, 1.54) is 23.0 Å². The van der Waals surface area contributed by atoms with E-state index in [9.17, 15) is 32.3 Å². The van der Waals surface area contributed by atoms with Crippen molar-refractivity contribution in [2.45, 2.75) is 28.9 Å². The molecule has 0 spiro atoms. The number of nitrogens with zero attached hydrogens (tertiary/aromatic N) is 3. The monoisotopic (exact) mass is 596 g/mol. The van der Waals surface area contributed by atoms with Crippen LogP contribution in [0.1, 0.15) is 21.9 Å². The van der Waals surface area contributed by atoms with Gasteiger partial charge in [-0.25, -0.2) is 4.90 Å². The van der Waals surface area contributed by atoms with Gasteiger partial charge in [-0.1, -0.05) is 53.4 Å². The number of anilines is 2. The van der Waals surface area contributed by atoms with Crippen LogP contribution in [-0.2, 0) is 27.1 Å². The standard InChI is InChI=1S/C28H19F3N4O4S2/c29-28(30,31)16-7-4-10-18(12-16)35-24(37)21-20(15-6-5-11-32-13-15)23-26(40-22(21)25(35)38)34(27(39)41-23)14-19(36)33-17-8-2-1-3-9-17/h1-13,20-22H,14H2,(H,33,36)/t20-,21-,22+/m0/s1. The van der Waals surface area contributed by atoms with Crippen LogP contribution in [0.2, 0.25) is 0 Å². The Morgan fingerprint density at radius 2 is 1.76 bits per heavy atom. The number of hydrogen-bond donors (Lipinski definition) is 1. The number of hydrogen-bond acceptors (Lipinski definition) is 7. The normalized spacial score (nSPS) is 20.1. The van der Waals surface area contributed by atoms with Crippen LogP contribution < -0.4 is 15.1 Å². The van der Waals surface area contributed by atoms with E-state index < -0.39 is 51.4 Å². The fraction of sp³-hybridized carbons (Fsp3) is 0.179. The summed E-state index contributed by atoms with van der Waals surface area (Å²) in [5.41, 5.74) is -0.0563. The van der Waals surface area contributed by atoms with E-state index in [0.717, 1.165) is 46.2 Å². The highest BCUT2D eigenvalue weighted by molar-refractivity contribution is 8.00. The molecule has 4 heterocycles. The van der Waals surface area contributed by atoms with Gasteiger partial charge in [-0.05, 0) is 42.0 Å². The average molecular weight is 597 g/mol. The molecule has 13 heteroatoms. The van der Waals surface area contributed by atoms with E-state index in [1.54, 1.807) is 42.5 Å². The molecule has 3 amide bonds. The summed E-state index contributed by atoms with van der Waals surface area (Å²) in [6.07, 6.45) is -1.59. The lowest BCUT2D eigenvalue weighted by Crippen LogP contribution is -2.33. The number of alkyl halides is 3. The number of rotatable bonds is 5. The van der Waals surface area contributed by atoms with Gasteiger partial charge in [0.15, 0.2) is 0 Å². The molecule has 1 saturated heterocycles. The Hall–Kier alpha value is -4.23. The lowest BCUT2D eigenvalue weighted by atomic mass is 9.84. The van der Waals surface area contributed by atoms with Crippen molar-refractivity contribution in [3.05, 3.63) is 105 Å². The SMILES string of the molecule is O=C(Cn1c2c(sc1=O)[C@@H](c1cccnc1)[C@@H]1C(=O)N(c3cccc(C(F)(F)F)c3)C(=O)[C@@H]1S2)Nc1ccccc1. The molecule has 1 fully saturated rings. The number of halogens is 3. The van der Waals surface area contributed by atoms with Gasteiger partial charge in [-0.2, -0.15) is 13.2 Å². The number of benzene rings is 2. The Morgan fingerprint density at radius 3 is 2.46 bits per heavy atom. The number of nitrogens with one attached hydrogen (secondary N) is 1. The molecule has 1 N–H and O–H groups in total. The molecule has 8 nitrogen and oxygen atoms in total. The van der Waals surface area contributed by atoms with Crippen molar-refractivity contribution in [3.63, 3.8) is 0 Å². The Morgan fingerprint density at radius 1 is 0.976 bits per heavy atom. The van der Waals surface area contributed by atoms with Crippen molar-refractivity contribution in [1.82, 2.24) is 9.55 Å². The maximum Gasteiger partial charge on any atom is 0.416 e. The number of para-hydroxylation sites is 1. The third kappa shape index (κ3) is 4.84. The van der Waals surface area contributed by atoms with Gasteiger partial charge < -0.3 is 5.32 Å². The van der Waals surface area contributed by atoms with Crippen LogP contribution in [-0.4, -0.2) is 32.5 Å². The first-order valence-electron chi connectivity index (χ1n) is 12.3. The quantitative estimate of drug-likeness (QED) is 0.334. The van der Waals surface area contributed by atoms with Crippen LogP contribution in [0.15, 0.2) is 88.9 Å². The van der Waals surface area contributed by atoms with Gasteiger partial charge in [0.25, 0.3) is 0 Å². The Labute approximate surface area is 238 Å². The highest BCUT2D eigenvalue weighted by atomic mass is 32.2. The molecule has 41 heavy (non-hydrogen) atoms. The first-order valence-corrected chi connectivity index (χ1v) is 14.0. The van der Waals surface area contributed by atoms with Crippen LogP contribution in [0, 0.1) is 5.92 Å². The number of carbonyl (C=O) groups excluding carboxylic acids is 3. The average Bonchev–Trinajstić information content (AvgIpc) is 3.39. The van der Waals surface area contributed by atoms with E-state index >= 15 is 0 Å². The second-order valence-electron chi connectivity index (χ2n) is 9.43. The van der Waals surface area contributed by atoms with Crippen molar-refractivity contribution in [2.24, 2.45) is 5.92 Å². The highest BCUT2D eigenvalue weighted by Gasteiger charge is 2.57. The molecule has 4 aromatic rings. The van der Waals surface area contributed by atoms with E-state index in [4.69, 9.17) is 0 Å². The van der Waals surface area contributed by atoms with Crippen LogP contribution >= 0.6 is 23.1 Å². The molecule has 0 bridgehead atoms. The van der Waals surface area contributed by atoms with E-state index in [2.05, 4.69) is 10.3 Å². The molecule has 0 aliphatic carbocycles. The summed E-state index contributed by atoms with van der Waals surface area (Å²) in [6, 6.07) is 16.1. The third-order valence-electron chi connectivity index (χ3n) is 6.88. The van der Waals surface area contributed by atoms with Gasteiger partial charge in [-0.3, -0.25) is 28.7 Å². The number of thiazole rings is 1. The summed E-state index contributed by atoms with van der Waals surface area (Å²) in [7, 11) is 0. The minimum atomic E-state index is -4.66. The molecular weight excluding hydrogens is 577 g/mol. The molecule has 0 unspecified atom stereocenters. The number of amides is 3.